The molecule has 8 heteroatoms. The normalized spacial score (nSPS) is 10.9. The van der Waals surface area contributed by atoms with Gasteiger partial charge < -0.3 is 15.4 Å². The molecule has 0 saturated heterocycles. The van der Waals surface area contributed by atoms with Crippen molar-refractivity contribution in [3.05, 3.63) is 118 Å². The minimum Gasteiger partial charge on any atom is -0.497 e. The van der Waals surface area contributed by atoms with Crippen LogP contribution in [0.5, 0.6) is 5.75 Å². The van der Waals surface area contributed by atoms with Gasteiger partial charge in [-0.3, -0.25) is 9.36 Å². The van der Waals surface area contributed by atoms with E-state index in [0.29, 0.717) is 40.3 Å². The number of carbonyl (C=O) groups excluding carboxylic acids is 1. The van der Waals surface area contributed by atoms with Crippen LogP contribution in [0.4, 0.5) is 16.2 Å². The fraction of sp³-hybridized carbons (Fsp3) is 0.156. The van der Waals surface area contributed by atoms with Gasteiger partial charge in [0.2, 0.25) is 0 Å². The smallest absolute Gasteiger partial charge is 0.323 e. The molecular formula is C32H29ClN4O3. The number of halogens is 1. The number of hydrogen-bond acceptors (Lipinski definition) is 4. The zero-order chi connectivity index (χ0) is 28.1. The van der Waals surface area contributed by atoms with E-state index in [2.05, 4.69) is 17.6 Å². The molecule has 0 aliphatic carbocycles. The predicted octanol–water partition coefficient (Wildman–Crippen LogP) is 7.37. The van der Waals surface area contributed by atoms with Crippen LogP contribution >= 0.6 is 11.6 Å². The third-order valence-electron chi connectivity index (χ3n) is 6.58. The SMILES string of the molecule is CCCc1nc2ccc(NC(=O)Nc3ccccc3Cl)cc2c(=O)n1Cc1ccc(-c2cccc(OC)c2)cc1. The fourth-order valence-electron chi connectivity index (χ4n) is 4.56. The number of aryl methyl sites for hydroxylation is 1. The number of carbonyl (C=O) groups is 1. The van der Waals surface area contributed by atoms with Crippen LogP contribution in [0, 0.1) is 0 Å². The maximum atomic E-state index is 13.7. The van der Waals surface area contributed by atoms with Crippen molar-refractivity contribution in [2.75, 3.05) is 17.7 Å². The van der Waals surface area contributed by atoms with Gasteiger partial charge in [-0.05, 0) is 65.6 Å². The van der Waals surface area contributed by atoms with Crippen molar-refractivity contribution in [3.8, 4) is 16.9 Å². The summed E-state index contributed by atoms with van der Waals surface area (Å²) in [5.74, 6) is 1.53. The third kappa shape index (κ3) is 6.00. The lowest BCUT2D eigenvalue weighted by Crippen LogP contribution is -2.26. The first kappa shape index (κ1) is 27.0. The van der Waals surface area contributed by atoms with Gasteiger partial charge in [-0.25, -0.2) is 9.78 Å². The number of ether oxygens (including phenoxy) is 1. The molecule has 5 aromatic rings. The predicted molar refractivity (Wildman–Crippen MR) is 162 cm³/mol. The summed E-state index contributed by atoms with van der Waals surface area (Å²) in [4.78, 5) is 31.1. The van der Waals surface area contributed by atoms with Crippen molar-refractivity contribution in [1.82, 2.24) is 9.55 Å². The number of rotatable bonds is 8. The molecule has 0 unspecified atom stereocenters. The molecule has 4 aromatic carbocycles. The average molecular weight is 553 g/mol. The Morgan fingerprint density at radius 1 is 0.925 bits per heavy atom. The first-order valence-electron chi connectivity index (χ1n) is 13.0. The van der Waals surface area contributed by atoms with Crippen LogP contribution in [0.25, 0.3) is 22.0 Å². The summed E-state index contributed by atoms with van der Waals surface area (Å²) in [5.41, 5.74) is 4.52. The maximum Gasteiger partial charge on any atom is 0.323 e. The molecule has 0 saturated carbocycles. The number of urea groups is 1. The monoisotopic (exact) mass is 552 g/mol. The van der Waals surface area contributed by atoms with Crippen molar-refractivity contribution in [2.24, 2.45) is 0 Å². The molecule has 0 fully saturated rings. The average Bonchev–Trinajstić information content (AvgIpc) is 2.97. The molecule has 2 amide bonds. The number of nitrogens with zero attached hydrogens (tertiary/aromatic N) is 2. The number of anilines is 2. The molecule has 0 spiro atoms. The van der Waals surface area contributed by atoms with E-state index in [9.17, 15) is 9.59 Å². The van der Waals surface area contributed by atoms with Gasteiger partial charge in [0, 0.05) is 12.1 Å². The van der Waals surface area contributed by atoms with Crippen molar-refractivity contribution < 1.29 is 9.53 Å². The number of aromatic nitrogens is 2. The van der Waals surface area contributed by atoms with E-state index in [1.165, 1.54) is 0 Å². The van der Waals surface area contributed by atoms with E-state index in [1.54, 1.807) is 54.1 Å². The first-order chi connectivity index (χ1) is 19.4. The Hall–Kier alpha value is -4.62. The molecule has 0 aliphatic rings. The fourth-order valence-corrected chi connectivity index (χ4v) is 4.74. The lowest BCUT2D eigenvalue weighted by atomic mass is 10.0. The van der Waals surface area contributed by atoms with Crippen molar-refractivity contribution in [1.29, 1.82) is 0 Å². The Labute approximate surface area is 237 Å². The van der Waals surface area contributed by atoms with E-state index in [1.807, 2.05) is 48.5 Å². The number of nitrogens with one attached hydrogen (secondary N) is 2. The van der Waals surface area contributed by atoms with Crippen molar-refractivity contribution >= 4 is 39.9 Å². The molecule has 40 heavy (non-hydrogen) atoms. The van der Waals surface area contributed by atoms with E-state index in [-0.39, 0.29) is 5.56 Å². The lowest BCUT2D eigenvalue weighted by Gasteiger charge is -2.15. The van der Waals surface area contributed by atoms with Crippen LogP contribution in [0.2, 0.25) is 5.02 Å². The van der Waals surface area contributed by atoms with Gasteiger partial charge in [-0.2, -0.15) is 0 Å². The van der Waals surface area contributed by atoms with Gasteiger partial charge in [-0.15, -0.1) is 0 Å². The lowest BCUT2D eigenvalue weighted by molar-refractivity contribution is 0.262. The summed E-state index contributed by atoms with van der Waals surface area (Å²) >= 11 is 6.15. The number of benzene rings is 4. The van der Waals surface area contributed by atoms with Gasteiger partial charge in [0.25, 0.3) is 5.56 Å². The second-order valence-corrected chi connectivity index (χ2v) is 9.80. The maximum absolute atomic E-state index is 13.7. The Bertz CT molecular complexity index is 1730. The molecule has 2 N–H and O–H groups in total. The van der Waals surface area contributed by atoms with Gasteiger partial charge in [0.05, 0.1) is 35.3 Å². The Kier molecular flexibility index (Phi) is 8.12. The number of amides is 2. The zero-order valence-electron chi connectivity index (χ0n) is 22.3. The standard InChI is InChI=1S/C32H29ClN4O3/c1-3-7-30-35-28-17-16-24(34-32(39)36-29-11-5-4-10-27(29)33)19-26(28)31(38)37(30)20-21-12-14-22(15-13-21)23-8-6-9-25(18-23)40-2/h4-6,8-19H,3,7,20H2,1-2H3,(H2,34,36,39). The zero-order valence-corrected chi connectivity index (χ0v) is 23.0. The molecule has 0 radical (unpaired) electrons. The molecule has 1 heterocycles. The molecule has 1 aromatic heterocycles. The van der Waals surface area contributed by atoms with Crippen LogP contribution in [0.1, 0.15) is 24.7 Å². The van der Waals surface area contributed by atoms with E-state index >= 15 is 0 Å². The molecule has 0 aliphatic heterocycles. The molecule has 202 valence electrons. The number of methoxy groups -OCH3 is 1. The molecule has 7 nitrogen and oxygen atoms in total. The highest BCUT2D eigenvalue weighted by molar-refractivity contribution is 6.33. The van der Waals surface area contributed by atoms with Gasteiger partial charge in [-0.1, -0.05) is 67.1 Å². The van der Waals surface area contributed by atoms with Crippen LogP contribution in [0.15, 0.2) is 95.8 Å². The Morgan fingerprint density at radius 2 is 1.73 bits per heavy atom. The highest BCUT2D eigenvalue weighted by Crippen LogP contribution is 2.25. The molecular weight excluding hydrogens is 524 g/mol. The van der Waals surface area contributed by atoms with E-state index in [4.69, 9.17) is 21.3 Å². The van der Waals surface area contributed by atoms with E-state index < -0.39 is 6.03 Å². The highest BCUT2D eigenvalue weighted by atomic mass is 35.5. The number of hydrogen-bond donors (Lipinski definition) is 2. The topological polar surface area (TPSA) is 85.3 Å². The first-order valence-corrected chi connectivity index (χ1v) is 13.4. The molecule has 0 atom stereocenters. The van der Waals surface area contributed by atoms with Gasteiger partial charge in [0.1, 0.15) is 11.6 Å². The third-order valence-corrected chi connectivity index (χ3v) is 6.91. The number of para-hydroxylation sites is 1. The van der Waals surface area contributed by atoms with Crippen LogP contribution < -0.4 is 20.9 Å². The summed E-state index contributed by atoms with van der Waals surface area (Å²) in [6, 6.07) is 27.7. The van der Waals surface area contributed by atoms with Crippen molar-refractivity contribution in [3.63, 3.8) is 0 Å². The summed E-state index contributed by atoms with van der Waals surface area (Å²) in [7, 11) is 1.65. The largest absolute Gasteiger partial charge is 0.497 e. The number of fused-ring (bicyclic) bond motifs is 1. The summed E-state index contributed by atoms with van der Waals surface area (Å²) in [6.07, 6.45) is 1.53. The second kappa shape index (κ2) is 12.1. The molecule has 0 bridgehead atoms. The quantitative estimate of drug-likeness (QED) is 0.210. The Morgan fingerprint density at radius 3 is 2.48 bits per heavy atom. The van der Waals surface area contributed by atoms with Gasteiger partial charge in [0.15, 0.2) is 0 Å². The van der Waals surface area contributed by atoms with Crippen LogP contribution in [0.3, 0.4) is 0 Å². The Balaban J connectivity index is 1.42. The second-order valence-electron chi connectivity index (χ2n) is 9.39. The van der Waals surface area contributed by atoms with Crippen LogP contribution in [-0.4, -0.2) is 22.7 Å². The summed E-state index contributed by atoms with van der Waals surface area (Å²) in [6.45, 7) is 2.45. The summed E-state index contributed by atoms with van der Waals surface area (Å²) in [5, 5.41) is 6.38. The highest BCUT2D eigenvalue weighted by Gasteiger charge is 2.13. The van der Waals surface area contributed by atoms with Crippen LogP contribution in [-0.2, 0) is 13.0 Å². The van der Waals surface area contributed by atoms with Crippen molar-refractivity contribution in [2.45, 2.75) is 26.3 Å². The minimum atomic E-state index is -0.459. The minimum absolute atomic E-state index is 0.152. The van der Waals surface area contributed by atoms with Gasteiger partial charge >= 0.3 is 6.03 Å². The molecule has 5 rings (SSSR count). The summed E-state index contributed by atoms with van der Waals surface area (Å²) < 4.78 is 7.07. The van der Waals surface area contributed by atoms with E-state index in [0.717, 1.165) is 34.7 Å².